The van der Waals surface area contributed by atoms with Crippen LogP contribution in [0.5, 0.6) is 0 Å². The number of aryl methyl sites for hydroxylation is 1. The molecule has 0 aliphatic heterocycles. The second-order valence-electron chi connectivity index (χ2n) is 5.50. The van der Waals surface area contributed by atoms with E-state index in [-0.39, 0.29) is 5.41 Å². The maximum atomic E-state index is 5.44. The largest absolute Gasteiger partial charge is 0.330 e. The van der Waals surface area contributed by atoms with Crippen LogP contribution in [0, 0.1) is 17.1 Å². The van der Waals surface area contributed by atoms with Crippen molar-refractivity contribution in [2.24, 2.45) is 5.41 Å². The van der Waals surface area contributed by atoms with E-state index in [2.05, 4.69) is 55.4 Å². The van der Waals surface area contributed by atoms with E-state index in [4.69, 9.17) is 12.2 Å². The SMILES string of the molecule is CCC(C)(C)Cn1c(=S)[nH]c2c(C)cccc21. The highest BCUT2D eigenvalue weighted by Gasteiger charge is 2.18. The first-order valence-corrected chi connectivity index (χ1v) is 6.53. The van der Waals surface area contributed by atoms with Gasteiger partial charge in [0, 0.05) is 6.54 Å². The van der Waals surface area contributed by atoms with E-state index in [0.717, 1.165) is 17.7 Å². The van der Waals surface area contributed by atoms with Gasteiger partial charge in [0.25, 0.3) is 0 Å². The maximum absolute atomic E-state index is 5.44. The fraction of sp³-hybridized carbons (Fsp3) is 0.500. The van der Waals surface area contributed by atoms with Crippen molar-refractivity contribution in [2.45, 2.75) is 40.7 Å². The summed E-state index contributed by atoms with van der Waals surface area (Å²) in [6.07, 6.45) is 1.15. The molecule has 1 aromatic heterocycles. The minimum Gasteiger partial charge on any atom is -0.330 e. The van der Waals surface area contributed by atoms with Crippen LogP contribution in [0.2, 0.25) is 0 Å². The summed E-state index contributed by atoms with van der Waals surface area (Å²) >= 11 is 5.44. The quantitative estimate of drug-likeness (QED) is 0.796. The zero-order chi connectivity index (χ0) is 12.6. The number of imidazole rings is 1. The van der Waals surface area contributed by atoms with Gasteiger partial charge in [-0.1, -0.05) is 32.9 Å². The number of para-hydroxylation sites is 1. The Kier molecular flexibility index (Phi) is 3.13. The smallest absolute Gasteiger partial charge is 0.178 e. The summed E-state index contributed by atoms with van der Waals surface area (Å²) in [6.45, 7) is 9.87. The van der Waals surface area contributed by atoms with Crippen LogP contribution in [0.1, 0.15) is 32.8 Å². The van der Waals surface area contributed by atoms with Gasteiger partial charge in [0.2, 0.25) is 0 Å². The standard InChI is InChI=1S/C14H20N2S/c1-5-14(3,4)9-16-11-8-6-7-10(2)12(11)15-13(16)17/h6-8H,5,9H2,1-4H3,(H,15,17). The molecule has 1 heterocycles. The summed E-state index contributed by atoms with van der Waals surface area (Å²) in [5.41, 5.74) is 3.92. The molecule has 0 radical (unpaired) electrons. The number of hydrogen-bond donors (Lipinski definition) is 1. The molecule has 2 nitrogen and oxygen atoms in total. The zero-order valence-corrected chi connectivity index (χ0v) is 11.8. The number of nitrogens with zero attached hydrogens (tertiary/aromatic N) is 1. The number of hydrogen-bond acceptors (Lipinski definition) is 1. The molecule has 0 amide bonds. The van der Waals surface area contributed by atoms with Gasteiger partial charge in [0.15, 0.2) is 4.77 Å². The summed E-state index contributed by atoms with van der Waals surface area (Å²) < 4.78 is 3.05. The number of H-pyrrole nitrogens is 1. The van der Waals surface area contributed by atoms with E-state index in [1.165, 1.54) is 16.6 Å². The average Bonchev–Trinajstić information content (AvgIpc) is 2.58. The predicted molar refractivity (Wildman–Crippen MR) is 75.9 cm³/mol. The molecule has 0 unspecified atom stereocenters. The minimum atomic E-state index is 0.275. The van der Waals surface area contributed by atoms with Crippen molar-refractivity contribution in [2.75, 3.05) is 0 Å². The number of aromatic amines is 1. The third kappa shape index (κ3) is 2.29. The Hall–Kier alpha value is -1.09. The molecule has 3 heteroatoms. The lowest BCUT2D eigenvalue weighted by Gasteiger charge is -2.23. The highest BCUT2D eigenvalue weighted by molar-refractivity contribution is 7.71. The molecular formula is C14H20N2S. The van der Waals surface area contributed by atoms with Crippen LogP contribution >= 0.6 is 12.2 Å². The highest BCUT2D eigenvalue weighted by atomic mass is 32.1. The van der Waals surface area contributed by atoms with Gasteiger partial charge in [0.1, 0.15) is 0 Å². The van der Waals surface area contributed by atoms with Gasteiger partial charge in [-0.2, -0.15) is 0 Å². The lowest BCUT2D eigenvalue weighted by atomic mass is 9.90. The molecule has 0 aliphatic carbocycles. The van der Waals surface area contributed by atoms with Crippen molar-refractivity contribution in [1.29, 1.82) is 0 Å². The van der Waals surface area contributed by atoms with Crippen molar-refractivity contribution in [3.63, 3.8) is 0 Å². The lowest BCUT2D eigenvalue weighted by Crippen LogP contribution is -2.18. The van der Waals surface area contributed by atoms with Crippen molar-refractivity contribution < 1.29 is 0 Å². The van der Waals surface area contributed by atoms with E-state index in [0.29, 0.717) is 0 Å². The Labute approximate surface area is 108 Å². The van der Waals surface area contributed by atoms with Gasteiger partial charge < -0.3 is 9.55 Å². The molecule has 92 valence electrons. The molecular weight excluding hydrogens is 228 g/mol. The molecule has 1 aromatic carbocycles. The second-order valence-corrected chi connectivity index (χ2v) is 5.89. The van der Waals surface area contributed by atoms with Gasteiger partial charge in [-0.3, -0.25) is 0 Å². The molecule has 1 N–H and O–H groups in total. The summed E-state index contributed by atoms with van der Waals surface area (Å²) in [7, 11) is 0. The zero-order valence-electron chi connectivity index (χ0n) is 11.0. The Morgan fingerprint density at radius 2 is 2.06 bits per heavy atom. The molecule has 0 saturated carbocycles. The molecule has 0 atom stereocenters. The van der Waals surface area contributed by atoms with Crippen LogP contribution < -0.4 is 0 Å². The third-order valence-electron chi connectivity index (χ3n) is 3.56. The molecule has 0 fully saturated rings. The molecule has 0 saturated heterocycles. The summed E-state index contributed by atoms with van der Waals surface area (Å²) in [5.74, 6) is 0. The van der Waals surface area contributed by atoms with Gasteiger partial charge >= 0.3 is 0 Å². The lowest BCUT2D eigenvalue weighted by molar-refractivity contribution is 0.297. The summed E-state index contributed by atoms with van der Waals surface area (Å²) in [4.78, 5) is 3.32. The Balaban J connectivity index is 2.58. The highest BCUT2D eigenvalue weighted by Crippen LogP contribution is 2.26. The normalized spacial score (nSPS) is 12.2. The monoisotopic (exact) mass is 248 g/mol. The van der Waals surface area contributed by atoms with Gasteiger partial charge in [-0.05, 0) is 42.6 Å². The number of fused-ring (bicyclic) bond motifs is 1. The summed E-state index contributed by atoms with van der Waals surface area (Å²) in [5, 5.41) is 0. The third-order valence-corrected chi connectivity index (χ3v) is 3.88. The van der Waals surface area contributed by atoms with Gasteiger partial charge in [0.05, 0.1) is 11.0 Å². The predicted octanol–water partition coefficient (Wildman–Crippen LogP) is 4.44. The first-order valence-electron chi connectivity index (χ1n) is 6.13. The van der Waals surface area contributed by atoms with Crippen LogP contribution in [0.3, 0.4) is 0 Å². The van der Waals surface area contributed by atoms with E-state index >= 15 is 0 Å². The minimum absolute atomic E-state index is 0.275. The molecule has 0 bridgehead atoms. The average molecular weight is 248 g/mol. The van der Waals surface area contributed by atoms with E-state index in [1.807, 2.05) is 0 Å². The van der Waals surface area contributed by atoms with Gasteiger partial charge in [-0.15, -0.1) is 0 Å². The molecule has 0 aliphatic rings. The first-order chi connectivity index (χ1) is 7.94. The van der Waals surface area contributed by atoms with Crippen molar-refractivity contribution in [1.82, 2.24) is 9.55 Å². The van der Waals surface area contributed by atoms with Crippen LogP contribution in [0.25, 0.3) is 11.0 Å². The van der Waals surface area contributed by atoms with E-state index in [9.17, 15) is 0 Å². The van der Waals surface area contributed by atoms with Crippen LogP contribution in [-0.4, -0.2) is 9.55 Å². The van der Waals surface area contributed by atoms with Crippen molar-refractivity contribution in [3.8, 4) is 0 Å². The van der Waals surface area contributed by atoms with E-state index < -0.39 is 0 Å². The molecule has 17 heavy (non-hydrogen) atoms. The van der Waals surface area contributed by atoms with E-state index in [1.54, 1.807) is 0 Å². The second kappa shape index (κ2) is 4.30. The fourth-order valence-corrected chi connectivity index (χ4v) is 2.29. The van der Waals surface area contributed by atoms with Crippen LogP contribution in [0.15, 0.2) is 18.2 Å². The number of rotatable bonds is 3. The van der Waals surface area contributed by atoms with Crippen molar-refractivity contribution >= 4 is 23.3 Å². The Bertz CT molecular complexity index is 590. The maximum Gasteiger partial charge on any atom is 0.178 e. The molecule has 0 spiro atoms. The van der Waals surface area contributed by atoms with Gasteiger partial charge in [-0.25, -0.2) is 0 Å². The summed E-state index contributed by atoms with van der Waals surface area (Å²) in [6, 6.07) is 6.35. The van der Waals surface area contributed by atoms with Crippen LogP contribution in [0.4, 0.5) is 0 Å². The Morgan fingerprint density at radius 3 is 2.71 bits per heavy atom. The Morgan fingerprint density at radius 1 is 1.35 bits per heavy atom. The first kappa shape index (κ1) is 12.4. The van der Waals surface area contributed by atoms with Crippen molar-refractivity contribution in [3.05, 3.63) is 28.5 Å². The van der Waals surface area contributed by atoms with Crippen LogP contribution in [-0.2, 0) is 6.54 Å². The number of nitrogens with one attached hydrogen (secondary N) is 1. The number of aromatic nitrogens is 2. The molecule has 2 aromatic rings. The molecule has 2 rings (SSSR count). The number of benzene rings is 1. The fourth-order valence-electron chi connectivity index (χ4n) is 2.02. The topological polar surface area (TPSA) is 20.7 Å².